The topological polar surface area (TPSA) is 52.0 Å². The average Bonchev–Trinajstić information content (AvgIpc) is 2.58. The van der Waals surface area contributed by atoms with Gasteiger partial charge in [0.25, 0.3) is 0 Å². The SMILES string of the molecule is Cc1cc(F)c(F)c(-c2cc(N)on2)c1. The Bertz CT molecular complexity index is 508. The smallest absolute Gasteiger partial charge is 0.222 e. The zero-order chi connectivity index (χ0) is 11.0. The van der Waals surface area contributed by atoms with Gasteiger partial charge in [-0.05, 0) is 24.6 Å². The molecule has 0 radical (unpaired) electrons. The maximum atomic E-state index is 13.4. The highest BCUT2D eigenvalue weighted by Crippen LogP contribution is 2.26. The lowest BCUT2D eigenvalue weighted by atomic mass is 10.1. The van der Waals surface area contributed by atoms with Crippen molar-refractivity contribution in [3.63, 3.8) is 0 Å². The number of nitrogens with zero attached hydrogens (tertiary/aromatic N) is 1. The summed E-state index contributed by atoms with van der Waals surface area (Å²) >= 11 is 0. The van der Waals surface area contributed by atoms with Crippen molar-refractivity contribution in [2.75, 3.05) is 5.73 Å². The number of aromatic nitrogens is 1. The van der Waals surface area contributed by atoms with Gasteiger partial charge in [0, 0.05) is 11.6 Å². The van der Waals surface area contributed by atoms with E-state index < -0.39 is 11.6 Å². The molecule has 1 aromatic heterocycles. The van der Waals surface area contributed by atoms with Gasteiger partial charge in [0.05, 0.1) is 0 Å². The molecular weight excluding hydrogens is 202 g/mol. The van der Waals surface area contributed by atoms with E-state index in [1.165, 1.54) is 12.1 Å². The van der Waals surface area contributed by atoms with Crippen LogP contribution in [0.1, 0.15) is 5.56 Å². The van der Waals surface area contributed by atoms with Crippen molar-refractivity contribution in [1.82, 2.24) is 5.16 Å². The van der Waals surface area contributed by atoms with Crippen LogP contribution in [0.3, 0.4) is 0 Å². The Kier molecular flexibility index (Phi) is 2.15. The summed E-state index contributed by atoms with van der Waals surface area (Å²) in [5, 5.41) is 3.52. The van der Waals surface area contributed by atoms with Gasteiger partial charge in [0.1, 0.15) is 5.69 Å². The standard InChI is InChI=1S/C10H8F2N2O/c1-5-2-6(10(12)7(11)3-5)8-4-9(13)15-14-8/h2-4H,13H2,1H3. The molecule has 2 aromatic rings. The second-order valence-electron chi connectivity index (χ2n) is 3.22. The summed E-state index contributed by atoms with van der Waals surface area (Å²) in [6.45, 7) is 1.66. The van der Waals surface area contributed by atoms with E-state index in [2.05, 4.69) is 9.68 Å². The minimum absolute atomic E-state index is 0.0490. The van der Waals surface area contributed by atoms with Crippen molar-refractivity contribution in [3.05, 3.63) is 35.4 Å². The van der Waals surface area contributed by atoms with E-state index in [0.717, 1.165) is 6.07 Å². The molecule has 0 saturated carbocycles. The number of hydrogen-bond acceptors (Lipinski definition) is 3. The summed E-state index contributed by atoms with van der Waals surface area (Å²) in [6, 6.07) is 3.94. The number of benzene rings is 1. The Balaban J connectivity index is 2.62. The quantitative estimate of drug-likeness (QED) is 0.786. The number of nitrogens with two attached hydrogens (primary N) is 1. The Morgan fingerprint density at radius 3 is 2.60 bits per heavy atom. The van der Waals surface area contributed by atoms with Gasteiger partial charge in [0.2, 0.25) is 5.88 Å². The van der Waals surface area contributed by atoms with Gasteiger partial charge in [-0.15, -0.1) is 0 Å². The number of hydrogen-bond donors (Lipinski definition) is 1. The van der Waals surface area contributed by atoms with Crippen molar-refractivity contribution in [2.24, 2.45) is 0 Å². The van der Waals surface area contributed by atoms with Crippen molar-refractivity contribution in [1.29, 1.82) is 0 Å². The lowest BCUT2D eigenvalue weighted by Gasteiger charge is -2.01. The summed E-state index contributed by atoms with van der Waals surface area (Å²) in [4.78, 5) is 0. The first kappa shape index (κ1) is 9.64. The van der Waals surface area contributed by atoms with Crippen molar-refractivity contribution >= 4 is 5.88 Å². The minimum Gasteiger partial charge on any atom is -0.368 e. The van der Waals surface area contributed by atoms with Gasteiger partial charge in [-0.2, -0.15) is 0 Å². The summed E-state index contributed by atoms with van der Waals surface area (Å²) in [5.41, 5.74) is 6.14. The fraction of sp³-hybridized carbons (Fsp3) is 0.100. The summed E-state index contributed by atoms with van der Waals surface area (Å²) in [7, 11) is 0. The molecule has 3 nitrogen and oxygen atoms in total. The molecule has 0 fully saturated rings. The van der Waals surface area contributed by atoms with E-state index in [-0.39, 0.29) is 17.1 Å². The number of anilines is 1. The molecule has 0 spiro atoms. The molecule has 0 atom stereocenters. The van der Waals surface area contributed by atoms with E-state index >= 15 is 0 Å². The highest BCUT2D eigenvalue weighted by molar-refractivity contribution is 5.62. The maximum absolute atomic E-state index is 13.4. The van der Waals surface area contributed by atoms with Gasteiger partial charge >= 0.3 is 0 Å². The Labute approximate surface area is 84.5 Å². The Hall–Kier alpha value is -1.91. The van der Waals surface area contributed by atoms with Crippen LogP contribution in [-0.4, -0.2) is 5.16 Å². The van der Waals surface area contributed by atoms with Crippen molar-refractivity contribution in [2.45, 2.75) is 6.92 Å². The third-order valence-electron chi connectivity index (χ3n) is 1.98. The normalized spacial score (nSPS) is 10.6. The van der Waals surface area contributed by atoms with Gasteiger partial charge in [0.15, 0.2) is 11.6 Å². The van der Waals surface area contributed by atoms with E-state index in [4.69, 9.17) is 5.73 Å². The average molecular weight is 210 g/mol. The molecule has 0 aliphatic heterocycles. The highest BCUT2D eigenvalue weighted by Gasteiger charge is 2.14. The first-order valence-electron chi connectivity index (χ1n) is 4.26. The van der Waals surface area contributed by atoms with Crippen LogP contribution in [0.5, 0.6) is 0 Å². The number of halogens is 2. The molecule has 5 heteroatoms. The van der Waals surface area contributed by atoms with Crippen molar-refractivity contribution in [3.8, 4) is 11.3 Å². The van der Waals surface area contributed by atoms with Crippen LogP contribution in [0.2, 0.25) is 0 Å². The van der Waals surface area contributed by atoms with Crippen LogP contribution in [0.15, 0.2) is 22.7 Å². The van der Waals surface area contributed by atoms with Gasteiger partial charge in [-0.1, -0.05) is 5.16 Å². The third-order valence-corrected chi connectivity index (χ3v) is 1.98. The largest absolute Gasteiger partial charge is 0.368 e. The van der Waals surface area contributed by atoms with Crippen LogP contribution in [0.25, 0.3) is 11.3 Å². The highest BCUT2D eigenvalue weighted by atomic mass is 19.2. The summed E-state index contributed by atoms with van der Waals surface area (Å²) < 4.78 is 31.0. The second-order valence-corrected chi connectivity index (χ2v) is 3.22. The number of nitrogen functional groups attached to an aromatic ring is 1. The zero-order valence-electron chi connectivity index (χ0n) is 7.92. The molecule has 0 aliphatic carbocycles. The fourth-order valence-electron chi connectivity index (χ4n) is 1.33. The lowest BCUT2D eigenvalue weighted by molar-refractivity contribution is 0.438. The molecule has 0 saturated heterocycles. The monoisotopic (exact) mass is 210 g/mol. The third kappa shape index (κ3) is 1.68. The van der Waals surface area contributed by atoms with E-state index in [1.807, 2.05) is 0 Å². The van der Waals surface area contributed by atoms with E-state index in [0.29, 0.717) is 5.56 Å². The number of aryl methyl sites for hydroxylation is 1. The molecule has 0 amide bonds. The molecule has 0 bridgehead atoms. The second kappa shape index (κ2) is 3.34. The van der Waals surface area contributed by atoms with Gasteiger partial charge < -0.3 is 10.3 Å². The molecular formula is C10H8F2N2O. The molecule has 15 heavy (non-hydrogen) atoms. The van der Waals surface area contributed by atoms with Crippen LogP contribution >= 0.6 is 0 Å². The van der Waals surface area contributed by atoms with Crippen LogP contribution in [0.4, 0.5) is 14.7 Å². The summed E-state index contributed by atoms with van der Waals surface area (Å²) in [6.07, 6.45) is 0. The van der Waals surface area contributed by atoms with Gasteiger partial charge in [-0.3, -0.25) is 0 Å². The minimum atomic E-state index is -0.950. The predicted octanol–water partition coefficient (Wildman–Crippen LogP) is 2.51. The molecule has 78 valence electrons. The predicted molar refractivity (Wildman–Crippen MR) is 51.0 cm³/mol. The van der Waals surface area contributed by atoms with Crippen LogP contribution < -0.4 is 5.73 Å². The Morgan fingerprint density at radius 1 is 1.27 bits per heavy atom. The molecule has 2 N–H and O–H groups in total. The molecule has 0 unspecified atom stereocenters. The molecule has 1 heterocycles. The van der Waals surface area contributed by atoms with Crippen LogP contribution in [0, 0.1) is 18.6 Å². The molecule has 1 aromatic carbocycles. The first-order chi connectivity index (χ1) is 7.08. The van der Waals surface area contributed by atoms with E-state index in [9.17, 15) is 8.78 Å². The fourth-order valence-corrected chi connectivity index (χ4v) is 1.33. The van der Waals surface area contributed by atoms with Crippen molar-refractivity contribution < 1.29 is 13.3 Å². The first-order valence-corrected chi connectivity index (χ1v) is 4.26. The molecule has 0 aliphatic rings. The summed E-state index contributed by atoms with van der Waals surface area (Å²) in [5.74, 6) is -1.80. The number of rotatable bonds is 1. The lowest BCUT2D eigenvalue weighted by Crippen LogP contribution is -1.91. The Morgan fingerprint density at radius 2 is 2.00 bits per heavy atom. The zero-order valence-corrected chi connectivity index (χ0v) is 7.92. The van der Waals surface area contributed by atoms with Crippen LogP contribution in [-0.2, 0) is 0 Å². The van der Waals surface area contributed by atoms with E-state index in [1.54, 1.807) is 6.92 Å². The molecule has 2 rings (SSSR count). The van der Waals surface area contributed by atoms with Gasteiger partial charge in [-0.25, -0.2) is 8.78 Å². The maximum Gasteiger partial charge on any atom is 0.222 e.